The van der Waals surface area contributed by atoms with E-state index >= 15 is 0 Å². The Labute approximate surface area is 225 Å². The van der Waals surface area contributed by atoms with E-state index in [1.54, 1.807) is 0 Å². The molecule has 4 heteroatoms. The summed E-state index contributed by atoms with van der Waals surface area (Å²) in [6.45, 7) is 7.43. The number of unbranched alkanes of at least 4 members (excludes halogenated alkanes) is 20. The first kappa shape index (κ1) is 33.0. The summed E-state index contributed by atoms with van der Waals surface area (Å²) in [5, 5.41) is 0. The van der Waals surface area contributed by atoms with Gasteiger partial charge in [-0.25, -0.2) is 0 Å². The zero-order valence-corrected chi connectivity index (χ0v) is 24.5. The van der Waals surface area contributed by atoms with Crippen LogP contribution in [0.25, 0.3) is 0 Å². The second-order valence-electron chi connectivity index (χ2n) is 11.3. The van der Waals surface area contributed by atoms with Gasteiger partial charge in [0.2, 0.25) is 11.8 Å². The van der Waals surface area contributed by atoms with E-state index in [4.69, 9.17) is 0 Å². The summed E-state index contributed by atoms with van der Waals surface area (Å²) >= 11 is 0. The van der Waals surface area contributed by atoms with Crippen LogP contribution in [0.1, 0.15) is 168 Å². The van der Waals surface area contributed by atoms with Crippen LogP contribution in [0.4, 0.5) is 0 Å². The number of hydrogen-bond acceptors (Lipinski definition) is 2. The van der Waals surface area contributed by atoms with Gasteiger partial charge in [0.25, 0.3) is 0 Å². The maximum Gasteiger partial charge on any atom is 0.222 e. The number of hydrogen-bond donors (Lipinski definition) is 0. The van der Waals surface area contributed by atoms with Crippen molar-refractivity contribution in [2.75, 3.05) is 26.2 Å². The number of rotatable bonds is 24. The second-order valence-corrected chi connectivity index (χ2v) is 11.3. The Kier molecular flexibility index (Phi) is 22.2. The van der Waals surface area contributed by atoms with Crippen LogP contribution >= 0.6 is 0 Å². The quantitative estimate of drug-likeness (QED) is 0.122. The lowest BCUT2D eigenvalue weighted by atomic mass is 10.0. The number of carbonyl (C=O) groups is 2. The lowest BCUT2D eigenvalue weighted by molar-refractivity contribution is -0.139. The molecule has 0 bridgehead atoms. The summed E-state index contributed by atoms with van der Waals surface area (Å²) in [4.78, 5) is 29.1. The summed E-state index contributed by atoms with van der Waals surface area (Å²) in [7, 11) is 0. The molecule has 0 aromatic rings. The molecule has 1 aliphatic rings. The molecule has 0 aromatic heterocycles. The molecule has 2 amide bonds. The van der Waals surface area contributed by atoms with Gasteiger partial charge in [0.1, 0.15) is 0 Å². The van der Waals surface area contributed by atoms with Crippen LogP contribution in [0.3, 0.4) is 0 Å². The van der Waals surface area contributed by atoms with Gasteiger partial charge < -0.3 is 9.80 Å². The summed E-state index contributed by atoms with van der Waals surface area (Å²) in [6, 6.07) is 0. The molecule has 36 heavy (non-hydrogen) atoms. The largest absolute Gasteiger partial charge is 0.339 e. The third kappa shape index (κ3) is 18.2. The third-order valence-corrected chi connectivity index (χ3v) is 7.97. The summed E-state index contributed by atoms with van der Waals surface area (Å²) in [5.74, 6) is 0.590. The van der Waals surface area contributed by atoms with Crippen LogP contribution in [0.15, 0.2) is 0 Å². The third-order valence-electron chi connectivity index (χ3n) is 7.97. The molecule has 0 radical (unpaired) electrons. The molecular weight excluding hydrogens is 444 g/mol. The Bertz CT molecular complexity index is 468. The maximum atomic E-state index is 12.5. The molecule has 212 valence electrons. The van der Waals surface area contributed by atoms with Crippen molar-refractivity contribution in [3.63, 3.8) is 0 Å². The monoisotopic (exact) mass is 506 g/mol. The summed E-state index contributed by atoms with van der Waals surface area (Å²) in [6.07, 6.45) is 30.2. The molecule has 0 saturated carbocycles. The SMILES string of the molecule is CCCCCCCCCCCCCC(=O)N1CCN(C(=O)CCCCCCCCCCCCC)CC1. The van der Waals surface area contributed by atoms with Gasteiger partial charge in [-0.15, -0.1) is 0 Å². The van der Waals surface area contributed by atoms with Crippen LogP contribution in [-0.2, 0) is 9.59 Å². The molecule has 0 spiro atoms. The Balaban J connectivity index is 1.93. The fraction of sp³-hybridized carbons (Fsp3) is 0.938. The first-order valence-electron chi connectivity index (χ1n) is 16.2. The molecule has 0 aliphatic carbocycles. The summed E-state index contributed by atoms with van der Waals surface area (Å²) < 4.78 is 0. The van der Waals surface area contributed by atoms with Gasteiger partial charge in [0.15, 0.2) is 0 Å². The molecule has 0 aromatic carbocycles. The van der Waals surface area contributed by atoms with Crippen molar-refractivity contribution in [1.82, 2.24) is 9.80 Å². The van der Waals surface area contributed by atoms with Crippen LogP contribution in [-0.4, -0.2) is 47.8 Å². The van der Waals surface area contributed by atoms with Gasteiger partial charge in [-0.1, -0.05) is 142 Å². The van der Waals surface area contributed by atoms with Gasteiger partial charge in [-0.05, 0) is 12.8 Å². The van der Waals surface area contributed by atoms with Crippen molar-refractivity contribution in [3.05, 3.63) is 0 Å². The van der Waals surface area contributed by atoms with E-state index in [9.17, 15) is 9.59 Å². The Hall–Kier alpha value is -1.06. The predicted octanol–water partition coefficient (Wildman–Crippen LogP) is 9.06. The van der Waals surface area contributed by atoms with Gasteiger partial charge in [0.05, 0.1) is 0 Å². The fourth-order valence-electron chi connectivity index (χ4n) is 5.40. The van der Waals surface area contributed by atoms with Gasteiger partial charge in [-0.2, -0.15) is 0 Å². The lowest BCUT2D eigenvalue weighted by Crippen LogP contribution is -2.50. The maximum absolute atomic E-state index is 12.5. The Morgan fingerprint density at radius 3 is 0.861 bits per heavy atom. The highest BCUT2D eigenvalue weighted by Gasteiger charge is 2.23. The zero-order valence-electron chi connectivity index (χ0n) is 24.5. The molecule has 1 heterocycles. The molecule has 0 unspecified atom stereocenters. The highest BCUT2D eigenvalue weighted by molar-refractivity contribution is 5.78. The molecule has 0 N–H and O–H groups in total. The van der Waals surface area contributed by atoms with E-state index < -0.39 is 0 Å². The van der Waals surface area contributed by atoms with Gasteiger partial charge >= 0.3 is 0 Å². The topological polar surface area (TPSA) is 40.6 Å². The second kappa shape index (κ2) is 24.3. The average molecular weight is 507 g/mol. The van der Waals surface area contributed by atoms with Crippen LogP contribution < -0.4 is 0 Å². The first-order valence-corrected chi connectivity index (χ1v) is 16.2. The standard InChI is InChI=1S/C32H62N2O2/c1-3-5-7-9-11-13-15-17-19-21-23-25-31(35)33-27-29-34(30-28-33)32(36)26-24-22-20-18-16-14-12-10-8-6-4-2/h3-30H2,1-2H3. The number of piperazine rings is 1. The molecule has 1 rings (SSSR count). The molecule has 0 atom stereocenters. The molecular formula is C32H62N2O2. The van der Waals surface area contributed by atoms with Crippen LogP contribution in [0.2, 0.25) is 0 Å². The molecule has 1 fully saturated rings. The highest BCUT2D eigenvalue weighted by atomic mass is 16.2. The average Bonchev–Trinajstić information content (AvgIpc) is 2.90. The van der Waals surface area contributed by atoms with E-state index in [1.807, 2.05) is 9.80 Å². The Morgan fingerprint density at radius 1 is 0.389 bits per heavy atom. The smallest absolute Gasteiger partial charge is 0.222 e. The van der Waals surface area contributed by atoms with Crippen molar-refractivity contribution < 1.29 is 9.59 Å². The van der Waals surface area contributed by atoms with E-state index in [-0.39, 0.29) is 0 Å². The van der Waals surface area contributed by atoms with Crippen LogP contribution in [0, 0.1) is 0 Å². The number of carbonyl (C=O) groups excluding carboxylic acids is 2. The van der Waals surface area contributed by atoms with E-state index in [1.165, 1.54) is 128 Å². The fourth-order valence-corrected chi connectivity index (χ4v) is 5.40. The van der Waals surface area contributed by atoms with E-state index in [2.05, 4.69) is 13.8 Å². The van der Waals surface area contributed by atoms with Gasteiger partial charge in [-0.3, -0.25) is 9.59 Å². The van der Waals surface area contributed by atoms with E-state index in [0.717, 1.165) is 39.0 Å². The van der Waals surface area contributed by atoms with Crippen molar-refractivity contribution >= 4 is 11.8 Å². The molecule has 1 aliphatic heterocycles. The highest BCUT2D eigenvalue weighted by Crippen LogP contribution is 2.15. The van der Waals surface area contributed by atoms with E-state index in [0.29, 0.717) is 24.7 Å². The summed E-state index contributed by atoms with van der Waals surface area (Å²) in [5.41, 5.74) is 0. The van der Waals surface area contributed by atoms with Gasteiger partial charge in [0, 0.05) is 39.0 Å². The van der Waals surface area contributed by atoms with Crippen LogP contribution in [0.5, 0.6) is 0 Å². The van der Waals surface area contributed by atoms with Crippen molar-refractivity contribution in [3.8, 4) is 0 Å². The van der Waals surface area contributed by atoms with Crippen molar-refractivity contribution in [2.45, 2.75) is 168 Å². The molecule has 4 nitrogen and oxygen atoms in total. The van der Waals surface area contributed by atoms with Crippen molar-refractivity contribution in [1.29, 1.82) is 0 Å². The lowest BCUT2D eigenvalue weighted by Gasteiger charge is -2.35. The van der Waals surface area contributed by atoms with Crippen molar-refractivity contribution in [2.24, 2.45) is 0 Å². The number of nitrogens with zero attached hydrogens (tertiary/aromatic N) is 2. The first-order chi connectivity index (χ1) is 17.7. The number of amides is 2. The minimum absolute atomic E-state index is 0.295. The molecule has 1 saturated heterocycles. The minimum atomic E-state index is 0.295. The minimum Gasteiger partial charge on any atom is -0.339 e. The predicted molar refractivity (Wildman–Crippen MR) is 155 cm³/mol. The normalized spacial score (nSPS) is 13.9. The Morgan fingerprint density at radius 2 is 0.611 bits per heavy atom. The zero-order chi connectivity index (χ0) is 26.1.